The van der Waals surface area contributed by atoms with Gasteiger partial charge in [0.2, 0.25) is 0 Å². The van der Waals surface area contributed by atoms with E-state index in [0.717, 1.165) is 0 Å². The van der Waals surface area contributed by atoms with Crippen molar-refractivity contribution in [2.75, 3.05) is 13.2 Å². The molecule has 2 N–H and O–H groups in total. The second kappa shape index (κ2) is 9.00. The van der Waals surface area contributed by atoms with Gasteiger partial charge in [0.1, 0.15) is 11.5 Å². The molecular formula is C16H14Cl2N2O4. The largest absolute Gasteiger partial charge is 0.484 e. The molecule has 0 fully saturated rings. The van der Waals surface area contributed by atoms with Crippen molar-refractivity contribution in [3.63, 3.8) is 0 Å². The number of rotatable bonds is 6. The second-order valence-electron chi connectivity index (χ2n) is 4.56. The summed E-state index contributed by atoms with van der Waals surface area (Å²) in [6.07, 6.45) is 0. The van der Waals surface area contributed by atoms with Crippen LogP contribution >= 0.6 is 23.2 Å². The van der Waals surface area contributed by atoms with Crippen LogP contribution in [0.3, 0.4) is 0 Å². The first-order chi connectivity index (χ1) is 11.5. The van der Waals surface area contributed by atoms with Crippen LogP contribution < -0.4 is 20.3 Å². The Morgan fingerprint density at radius 2 is 1.42 bits per heavy atom. The van der Waals surface area contributed by atoms with Crippen LogP contribution in [0.25, 0.3) is 0 Å². The second-order valence-corrected chi connectivity index (χ2v) is 5.40. The predicted octanol–water partition coefficient (Wildman–Crippen LogP) is 2.60. The van der Waals surface area contributed by atoms with E-state index < -0.39 is 11.8 Å². The number of benzene rings is 2. The summed E-state index contributed by atoms with van der Waals surface area (Å²) in [5.74, 6) is -0.180. The van der Waals surface area contributed by atoms with Crippen LogP contribution in [0.4, 0.5) is 0 Å². The number of nitrogens with one attached hydrogen (secondary N) is 2. The van der Waals surface area contributed by atoms with E-state index in [1.165, 1.54) is 0 Å². The molecule has 2 aromatic carbocycles. The van der Waals surface area contributed by atoms with Crippen LogP contribution in [-0.4, -0.2) is 25.0 Å². The zero-order valence-corrected chi connectivity index (χ0v) is 13.9. The third kappa shape index (κ3) is 5.98. The number of carbonyl (C=O) groups is 2. The average molecular weight is 369 g/mol. The molecule has 0 radical (unpaired) electrons. The van der Waals surface area contributed by atoms with Gasteiger partial charge in [-0.2, -0.15) is 0 Å². The molecule has 0 spiro atoms. The lowest BCUT2D eigenvalue weighted by molar-refractivity contribution is -0.131. The Labute approximate surface area is 148 Å². The van der Waals surface area contributed by atoms with Crippen LogP contribution in [0.5, 0.6) is 11.5 Å². The molecule has 0 atom stereocenters. The van der Waals surface area contributed by atoms with Crippen molar-refractivity contribution in [1.29, 1.82) is 0 Å². The molecule has 0 aliphatic rings. The van der Waals surface area contributed by atoms with E-state index in [9.17, 15) is 9.59 Å². The Morgan fingerprint density at radius 1 is 0.833 bits per heavy atom. The zero-order chi connectivity index (χ0) is 17.4. The van der Waals surface area contributed by atoms with Crippen LogP contribution in [0.1, 0.15) is 0 Å². The fraction of sp³-hybridized carbons (Fsp3) is 0.125. The number of para-hydroxylation sites is 1. The van der Waals surface area contributed by atoms with Crippen LogP contribution in [0.15, 0.2) is 48.5 Å². The van der Waals surface area contributed by atoms with E-state index in [1.54, 1.807) is 48.5 Å². The van der Waals surface area contributed by atoms with Gasteiger partial charge < -0.3 is 9.47 Å². The van der Waals surface area contributed by atoms with E-state index in [4.69, 9.17) is 32.7 Å². The zero-order valence-electron chi connectivity index (χ0n) is 12.4. The highest BCUT2D eigenvalue weighted by molar-refractivity contribution is 6.32. The van der Waals surface area contributed by atoms with Crippen molar-refractivity contribution in [3.05, 3.63) is 58.6 Å². The van der Waals surface area contributed by atoms with Gasteiger partial charge in [0.25, 0.3) is 11.8 Å². The summed E-state index contributed by atoms with van der Waals surface area (Å²) in [5.41, 5.74) is 4.42. The monoisotopic (exact) mass is 368 g/mol. The van der Waals surface area contributed by atoms with E-state index in [2.05, 4.69) is 10.9 Å². The van der Waals surface area contributed by atoms with Gasteiger partial charge in [-0.3, -0.25) is 20.4 Å². The third-order valence-corrected chi connectivity index (χ3v) is 3.28. The third-order valence-electron chi connectivity index (χ3n) is 2.72. The topological polar surface area (TPSA) is 76.7 Å². The van der Waals surface area contributed by atoms with Crippen molar-refractivity contribution < 1.29 is 19.1 Å². The first-order valence-electron chi connectivity index (χ1n) is 6.88. The van der Waals surface area contributed by atoms with Crippen molar-refractivity contribution in [2.45, 2.75) is 0 Å². The number of hydrogen-bond acceptors (Lipinski definition) is 4. The molecule has 2 amide bonds. The van der Waals surface area contributed by atoms with E-state index in [1.807, 2.05) is 0 Å². The first-order valence-corrected chi connectivity index (χ1v) is 7.63. The molecular weight excluding hydrogens is 355 g/mol. The molecule has 0 bridgehead atoms. The molecule has 0 saturated carbocycles. The van der Waals surface area contributed by atoms with Gasteiger partial charge in [-0.1, -0.05) is 35.3 Å². The molecule has 2 aromatic rings. The highest BCUT2D eigenvalue weighted by atomic mass is 35.5. The van der Waals surface area contributed by atoms with Crippen molar-refractivity contribution >= 4 is 35.0 Å². The molecule has 126 valence electrons. The molecule has 2 rings (SSSR count). The molecule has 0 aliphatic heterocycles. The Kier molecular flexibility index (Phi) is 6.72. The SMILES string of the molecule is O=C(COc1ccc(Cl)cc1)NNC(=O)COc1ccccc1Cl. The minimum atomic E-state index is -0.533. The normalized spacial score (nSPS) is 9.92. The van der Waals surface area contributed by atoms with E-state index in [-0.39, 0.29) is 13.2 Å². The van der Waals surface area contributed by atoms with Crippen LogP contribution in [0, 0.1) is 0 Å². The summed E-state index contributed by atoms with van der Waals surface area (Å²) >= 11 is 11.6. The highest BCUT2D eigenvalue weighted by Crippen LogP contribution is 2.22. The standard InChI is InChI=1S/C16H14Cl2N2O4/c17-11-5-7-12(8-6-11)23-9-15(21)19-20-16(22)10-24-14-4-2-1-3-13(14)18/h1-8H,9-10H2,(H,19,21)(H,20,22). The smallest absolute Gasteiger partial charge is 0.276 e. The maximum absolute atomic E-state index is 11.6. The van der Waals surface area contributed by atoms with Crippen molar-refractivity contribution in [1.82, 2.24) is 10.9 Å². The first kappa shape index (κ1) is 17.9. The molecule has 6 nitrogen and oxygen atoms in total. The van der Waals surface area contributed by atoms with Crippen LogP contribution in [0.2, 0.25) is 10.0 Å². The lowest BCUT2D eigenvalue weighted by Crippen LogP contribution is -2.45. The summed E-state index contributed by atoms with van der Waals surface area (Å²) in [4.78, 5) is 23.2. The maximum atomic E-state index is 11.6. The summed E-state index contributed by atoms with van der Waals surface area (Å²) in [7, 11) is 0. The van der Waals surface area contributed by atoms with Gasteiger partial charge in [0, 0.05) is 5.02 Å². The van der Waals surface area contributed by atoms with Crippen molar-refractivity contribution in [3.8, 4) is 11.5 Å². The van der Waals surface area contributed by atoms with Crippen molar-refractivity contribution in [2.24, 2.45) is 0 Å². The molecule has 0 saturated heterocycles. The number of hydrazine groups is 1. The maximum Gasteiger partial charge on any atom is 0.276 e. The molecule has 0 heterocycles. The number of amides is 2. The number of halogens is 2. The summed E-state index contributed by atoms with van der Waals surface area (Å²) < 4.78 is 10.5. The van der Waals surface area contributed by atoms with E-state index >= 15 is 0 Å². The Hall–Kier alpha value is -2.44. The summed E-state index contributed by atoms with van der Waals surface area (Å²) in [6.45, 7) is -0.546. The fourth-order valence-corrected chi connectivity index (χ4v) is 1.91. The van der Waals surface area contributed by atoms with Gasteiger partial charge in [-0.25, -0.2) is 0 Å². The van der Waals surface area contributed by atoms with Gasteiger partial charge in [0.05, 0.1) is 5.02 Å². The minimum absolute atomic E-state index is 0.257. The summed E-state index contributed by atoms with van der Waals surface area (Å²) in [6, 6.07) is 13.3. The molecule has 0 unspecified atom stereocenters. The molecule has 8 heteroatoms. The predicted molar refractivity (Wildman–Crippen MR) is 90.2 cm³/mol. The molecule has 24 heavy (non-hydrogen) atoms. The van der Waals surface area contributed by atoms with E-state index in [0.29, 0.717) is 21.5 Å². The Morgan fingerprint density at radius 3 is 2.04 bits per heavy atom. The van der Waals surface area contributed by atoms with Crippen LogP contribution in [-0.2, 0) is 9.59 Å². The molecule has 0 aromatic heterocycles. The fourth-order valence-electron chi connectivity index (χ4n) is 1.60. The number of ether oxygens (including phenoxy) is 2. The lowest BCUT2D eigenvalue weighted by Gasteiger charge is -2.10. The van der Waals surface area contributed by atoms with Gasteiger partial charge in [-0.15, -0.1) is 0 Å². The average Bonchev–Trinajstić information content (AvgIpc) is 2.58. The quantitative estimate of drug-likeness (QED) is 0.768. The van der Waals surface area contributed by atoms with Gasteiger partial charge >= 0.3 is 0 Å². The van der Waals surface area contributed by atoms with Gasteiger partial charge in [-0.05, 0) is 36.4 Å². The lowest BCUT2D eigenvalue weighted by atomic mass is 10.3. The number of carbonyl (C=O) groups excluding carboxylic acids is 2. The highest BCUT2D eigenvalue weighted by Gasteiger charge is 2.07. The number of hydrogen-bond donors (Lipinski definition) is 2. The Balaban J connectivity index is 1.66. The Bertz CT molecular complexity index is 707. The van der Waals surface area contributed by atoms with Gasteiger partial charge in [0.15, 0.2) is 13.2 Å². The molecule has 0 aliphatic carbocycles. The summed E-state index contributed by atoms with van der Waals surface area (Å²) in [5, 5.41) is 0.961. The minimum Gasteiger partial charge on any atom is -0.484 e.